The van der Waals surface area contributed by atoms with Gasteiger partial charge in [-0.1, -0.05) is 34.5 Å². The lowest BCUT2D eigenvalue weighted by Crippen LogP contribution is -2.10. The number of benzene rings is 1. The molecule has 0 fully saturated rings. The number of halogens is 2. The van der Waals surface area contributed by atoms with Crippen LogP contribution in [-0.4, -0.2) is 6.54 Å². The van der Waals surface area contributed by atoms with Crippen LogP contribution < -0.4 is 10.1 Å². The van der Waals surface area contributed by atoms with E-state index in [1.165, 1.54) is 0 Å². The standard InChI is InChI=1S/C15H17BrClNO2/c1-3-18-8-13-6-11(10(2)20-13)9-19-15-7-12(16)4-5-14(15)17/h4-7,18H,3,8-9H2,1-2H3. The van der Waals surface area contributed by atoms with Gasteiger partial charge in [-0.3, -0.25) is 0 Å². The Kier molecular flexibility index (Phi) is 5.52. The summed E-state index contributed by atoms with van der Waals surface area (Å²) in [6.07, 6.45) is 0. The van der Waals surface area contributed by atoms with E-state index in [1.54, 1.807) is 6.07 Å². The summed E-state index contributed by atoms with van der Waals surface area (Å²) in [5.41, 5.74) is 1.04. The fourth-order valence-corrected chi connectivity index (χ4v) is 2.32. The van der Waals surface area contributed by atoms with Gasteiger partial charge >= 0.3 is 0 Å². The monoisotopic (exact) mass is 357 g/mol. The number of hydrogen-bond donors (Lipinski definition) is 1. The summed E-state index contributed by atoms with van der Waals surface area (Å²) in [6.45, 7) is 6.09. The Hall–Kier alpha value is -0.970. The normalized spacial score (nSPS) is 10.8. The molecule has 0 saturated heterocycles. The minimum atomic E-state index is 0.442. The highest BCUT2D eigenvalue weighted by atomic mass is 79.9. The molecule has 20 heavy (non-hydrogen) atoms. The first-order chi connectivity index (χ1) is 9.60. The van der Waals surface area contributed by atoms with Crippen LogP contribution in [0.3, 0.4) is 0 Å². The van der Waals surface area contributed by atoms with Crippen molar-refractivity contribution in [3.8, 4) is 5.75 Å². The second-order valence-corrected chi connectivity index (χ2v) is 5.76. The number of rotatable bonds is 6. The summed E-state index contributed by atoms with van der Waals surface area (Å²) in [5.74, 6) is 2.46. The van der Waals surface area contributed by atoms with Crippen molar-refractivity contribution in [3.63, 3.8) is 0 Å². The van der Waals surface area contributed by atoms with Crippen molar-refractivity contribution < 1.29 is 9.15 Å². The summed E-state index contributed by atoms with van der Waals surface area (Å²) in [5, 5.41) is 3.83. The molecule has 0 amide bonds. The van der Waals surface area contributed by atoms with Gasteiger partial charge in [-0.05, 0) is 37.7 Å². The molecule has 5 heteroatoms. The third kappa shape index (κ3) is 4.01. The van der Waals surface area contributed by atoms with E-state index in [4.69, 9.17) is 20.8 Å². The average Bonchev–Trinajstić information content (AvgIpc) is 2.78. The van der Waals surface area contributed by atoms with Crippen LogP contribution in [0.1, 0.15) is 24.0 Å². The fraction of sp³-hybridized carbons (Fsp3) is 0.333. The van der Waals surface area contributed by atoms with Crippen LogP contribution in [0.4, 0.5) is 0 Å². The number of ether oxygens (including phenoxy) is 1. The number of aryl methyl sites for hydroxylation is 1. The molecule has 2 aromatic rings. The molecule has 0 saturated carbocycles. The second kappa shape index (κ2) is 7.16. The Labute approximate surface area is 132 Å². The van der Waals surface area contributed by atoms with E-state index < -0.39 is 0 Å². The first-order valence-corrected chi connectivity index (χ1v) is 7.64. The van der Waals surface area contributed by atoms with Crippen LogP contribution in [0.25, 0.3) is 0 Å². The fourth-order valence-electron chi connectivity index (χ4n) is 1.81. The van der Waals surface area contributed by atoms with E-state index in [2.05, 4.69) is 28.2 Å². The van der Waals surface area contributed by atoms with Crippen LogP contribution in [0, 0.1) is 6.92 Å². The predicted molar refractivity (Wildman–Crippen MR) is 84.3 cm³/mol. The molecule has 1 aromatic heterocycles. The van der Waals surface area contributed by atoms with E-state index in [1.807, 2.05) is 25.1 Å². The van der Waals surface area contributed by atoms with Crippen molar-refractivity contribution in [2.24, 2.45) is 0 Å². The largest absolute Gasteiger partial charge is 0.487 e. The molecule has 0 aliphatic heterocycles. The molecule has 0 unspecified atom stereocenters. The van der Waals surface area contributed by atoms with Crippen molar-refractivity contribution >= 4 is 27.5 Å². The molecule has 1 N–H and O–H groups in total. The van der Waals surface area contributed by atoms with Gasteiger partial charge in [0.25, 0.3) is 0 Å². The summed E-state index contributed by atoms with van der Waals surface area (Å²) in [7, 11) is 0. The Morgan fingerprint density at radius 3 is 2.90 bits per heavy atom. The quantitative estimate of drug-likeness (QED) is 0.813. The molecule has 0 aliphatic rings. The van der Waals surface area contributed by atoms with E-state index >= 15 is 0 Å². The highest BCUT2D eigenvalue weighted by molar-refractivity contribution is 9.10. The number of nitrogens with one attached hydrogen (secondary N) is 1. The molecule has 0 aliphatic carbocycles. The lowest BCUT2D eigenvalue weighted by atomic mass is 10.2. The maximum atomic E-state index is 6.10. The molecular formula is C15H17BrClNO2. The highest BCUT2D eigenvalue weighted by Crippen LogP contribution is 2.29. The van der Waals surface area contributed by atoms with Gasteiger partial charge < -0.3 is 14.5 Å². The zero-order valence-corrected chi connectivity index (χ0v) is 13.8. The minimum Gasteiger partial charge on any atom is -0.487 e. The molecule has 0 atom stereocenters. The van der Waals surface area contributed by atoms with Gasteiger partial charge in [0.05, 0.1) is 11.6 Å². The summed E-state index contributed by atoms with van der Waals surface area (Å²) in [6, 6.07) is 7.56. The van der Waals surface area contributed by atoms with Crippen molar-refractivity contribution in [2.45, 2.75) is 27.0 Å². The topological polar surface area (TPSA) is 34.4 Å². The van der Waals surface area contributed by atoms with Gasteiger partial charge in [0.15, 0.2) is 0 Å². The molecule has 3 nitrogen and oxygen atoms in total. The van der Waals surface area contributed by atoms with Crippen molar-refractivity contribution in [1.29, 1.82) is 0 Å². The van der Waals surface area contributed by atoms with Crippen LogP contribution in [0.5, 0.6) is 5.75 Å². The second-order valence-electron chi connectivity index (χ2n) is 4.44. The van der Waals surface area contributed by atoms with Crippen LogP contribution in [0.15, 0.2) is 33.2 Å². The Bertz CT molecular complexity index is 583. The van der Waals surface area contributed by atoms with E-state index in [0.29, 0.717) is 17.4 Å². The lowest BCUT2D eigenvalue weighted by Gasteiger charge is -2.07. The Balaban J connectivity index is 2.03. The minimum absolute atomic E-state index is 0.442. The van der Waals surface area contributed by atoms with E-state index in [9.17, 15) is 0 Å². The van der Waals surface area contributed by atoms with Gasteiger partial charge in [0.1, 0.15) is 23.9 Å². The summed E-state index contributed by atoms with van der Waals surface area (Å²) in [4.78, 5) is 0. The maximum absolute atomic E-state index is 6.10. The first-order valence-electron chi connectivity index (χ1n) is 6.47. The lowest BCUT2D eigenvalue weighted by molar-refractivity contribution is 0.303. The van der Waals surface area contributed by atoms with Gasteiger partial charge in [-0.15, -0.1) is 0 Å². The molecule has 0 spiro atoms. The zero-order valence-electron chi connectivity index (χ0n) is 11.5. The molecule has 1 aromatic carbocycles. The maximum Gasteiger partial charge on any atom is 0.139 e. The molecule has 2 rings (SSSR count). The first kappa shape index (κ1) is 15.4. The van der Waals surface area contributed by atoms with Gasteiger partial charge in [-0.2, -0.15) is 0 Å². The van der Waals surface area contributed by atoms with E-state index in [-0.39, 0.29) is 0 Å². The van der Waals surface area contributed by atoms with Crippen molar-refractivity contribution in [3.05, 3.63) is 50.8 Å². The summed E-state index contributed by atoms with van der Waals surface area (Å²) < 4.78 is 12.4. The summed E-state index contributed by atoms with van der Waals surface area (Å²) >= 11 is 9.50. The van der Waals surface area contributed by atoms with Crippen LogP contribution in [0.2, 0.25) is 5.02 Å². The molecular weight excluding hydrogens is 342 g/mol. The highest BCUT2D eigenvalue weighted by Gasteiger charge is 2.09. The molecule has 0 radical (unpaired) electrons. The molecule has 0 bridgehead atoms. The molecule has 108 valence electrons. The SMILES string of the molecule is CCNCc1cc(COc2cc(Br)ccc2Cl)c(C)o1. The van der Waals surface area contributed by atoms with Gasteiger partial charge in [0.2, 0.25) is 0 Å². The number of hydrogen-bond acceptors (Lipinski definition) is 3. The van der Waals surface area contributed by atoms with Gasteiger partial charge in [0, 0.05) is 10.0 Å². The average molecular weight is 359 g/mol. The van der Waals surface area contributed by atoms with Gasteiger partial charge in [-0.25, -0.2) is 0 Å². The Morgan fingerprint density at radius 1 is 1.35 bits per heavy atom. The third-order valence-corrected chi connectivity index (χ3v) is 3.70. The zero-order chi connectivity index (χ0) is 14.5. The van der Waals surface area contributed by atoms with E-state index in [0.717, 1.165) is 34.6 Å². The van der Waals surface area contributed by atoms with Crippen molar-refractivity contribution in [1.82, 2.24) is 5.32 Å². The van der Waals surface area contributed by atoms with Crippen LogP contribution >= 0.6 is 27.5 Å². The number of furan rings is 1. The Morgan fingerprint density at radius 2 is 2.15 bits per heavy atom. The van der Waals surface area contributed by atoms with Crippen LogP contribution in [-0.2, 0) is 13.2 Å². The van der Waals surface area contributed by atoms with Crippen molar-refractivity contribution in [2.75, 3.05) is 6.54 Å². The third-order valence-electron chi connectivity index (χ3n) is 2.90. The smallest absolute Gasteiger partial charge is 0.139 e. The molecule has 1 heterocycles. The predicted octanol–water partition coefficient (Wildman–Crippen LogP) is 4.69.